The SMILES string of the molecule is COc1ccc(S(=O)(=O)N2CCC(C(=O)N3CCCSc4ccccc43)CC2)cc1OC. The molecule has 0 N–H and O–H groups in total. The third kappa shape index (κ3) is 4.46. The van der Waals surface area contributed by atoms with Gasteiger partial charge in [0.05, 0.1) is 24.8 Å². The molecule has 1 fully saturated rings. The molecule has 0 atom stereocenters. The van der Waals surface area contributed by atoms with E-state index in [-0.39, 0.29) is 16.7 Å². The van der Waals surface area contributed by atoms with Gasteiger partial charge in [0.15, 0.2) is 11.5 Å². The number of carbonyl (C=O) groups excluding carboxylic acids is 1. The van der Waals surface area contributed by atoms with Gasteiger partial charge in [0.25, 0.3) is 0 Å². The van der Waals surface area contributed by atoms with E-state index in [1.807, 2.05) is 23.1 Å². The molecule has 0 saturated carbocycles. The minimum atomic E-state index is -3.68. The number of hydrogen-bond acceptors (Lipinski definition) is 6. The summed E-state index contributed by atoms with van der Waals surface area (Å²) in [6, 6.07) is 12.6. The number of thioether (sulfide) groups is 1. The van der Waals surface area contributed by atoms with E-state index >= 15 is 0 Å². The molecule has 7 nitrogen and oxygen atoms in total. The lowest BCUT2D eigenvalue weighted by atomic mass is 9.96. The van der Waals surface area contributed by atoms with Crippen molar-refractivity contribution in [3.05, 3.63) is 42.5 Å². The van der Waals surface area contributed by atoms with Crippen molar-refractivity contribution in [1.82, 2.24) is 4.31 Å². The summed E-state index contributed by atoms with van der Waals surface area (Å²) in [6.07, 6.45) is 1.96. The molecule has 32 heavy (non-hydrogen) atoms. The van der Waals surface area contributed by atoms with Gasteiger partial charge < -0.3 is 14.4 Å². The Morgan fingerprint density at radius 2 is 1.72 bits per heavy atom. The lowest BCUT2D eigenvalue weighted by Gasteiger charge is -2.33. The molecule has 4 rings (SSSR count). The van der Waals surface area contributed by atoms with Crippen molar-refractivity contribution in [2.45, 2.75) is 29.1 Å². The fourth-order valence-corrected chi connectivity index (χ4v) is 6.73. The number of ether oxygens (including phenoxy) is 2. The first-order chi connectivity index (χ1) is 15.5. The number of hydrogen-bond donors (Lipinski definition) is 0. The zero-order chi connectivity index (χ0) is 22.7. The quantitative estimate of drug-likeness (QED) is 0.656. The topological polar surface area (TPSA) is 76.2 Å². The van der Waals surface area contributed by atoms with E-state index in [4.69, 9.17) is 9.47 Å². The summed E-state index contributed by atoms with van der Waals surface area (Å²) in [5.74, 6) is 1.76. The molecule has 9 heteroatoms. The first kappa shape index (κ1) is 22.9. The van der Waals surface area contributed by atoms with Crippen LogP contribution < -0.4 is 14.4 Å². The summed E-state index contributed by atoms with van der Waals surface area (Å²) in [5.41, 5.74) is 0.973. The maximum Gasteiger partial charge on any atom is 0.243 e. The molecule has 1 amide bonds. The highest BCUT2D eigenvalue weighted by Gasteiger charge is 2.35. The normalized spacial score (nSPS) is 18.0. The van der Waals surface area contributed by atoms with Crippen LogP contribution in [0.3, 0.4) is 0 Å². The van der Waals surface area contributed by atoms with E-state index in [9.17, 15) is 13.2 Å². The largest absolute Gasteiger partial charge is 0.493 e. The zero-order valence-corrected chi connectivity index (χ0v) is 20.0. The lowest BCUT2D eigenvalue weighted by molar-refractivity contribution is -0.123. The minimum Gasteiger partial charge on any atom is -0.493 e. The average molecular weight is 477 g/mol. The number of methoxy groups -OCH3 is 2. The van der Waals surface area contributed by atoms with Gasteiger partial charge in [-0.05, 0) is 49.3 Å². The molecule has 2 aromatic carbocycles. The Balaban J connectivity index is 1.47. The monoisotopic (exact) mass is 476 g/mol. The summed E-state index contributed by atoms with van der Waals surface area (Å²) in [7, 11) is -0.692. The van der Waals surface area contributed by atoms with Crippen molar-refractivity contribution in [2.75, 3.05) is 44.5 Å². The Morgan fingerprint density at radius 3 is 2.44 bits per heavy atom. The number of benzene rings is 2. The van der Waals surface area contributed by atoms with E-state index in [1.54, 1.807) is 17.8 Å². The first-order valence-corrected chi connectivity index (χ1v) is 13.1. The van der Waals surface area contributed by atoms with Crippen LogP contribution in [0.2, 0.25) is 0 Å². The van der Waals surface area contributed by atoms with Crippen LogP contribution in [0.25, 0.3) is 0 Å². The van der Waals surface area contributed by atoms with E-state index in [0.717, 1.165) is 22.8 Å². The van der Waals surface area contributed by atoms with Crippen LogP contribution in [0.15, 0.2) is 52.3 Å². The molecule has 2 aliphatic heterocycles. The summed E-state index contributed by atoms with van der Waals surface area (Å²) >= 11 is 1.78. The number of fused-ring (bicyclic) bond motifs is 1. The predicted octanol–water partition coefficient (Wildman–Crippen LogP) is 3.63. The second kappa shape index (κ2) is 9.72. The standard InChI is InChI=1S/C23H28N2O5S2/c1-29-20-9-8-18(16-21(20)30-2)32(27,28)24-13-10-17(11-14-24)23(26)25-12-5-15-31-22-7-4-3-6-19(22)25/h3-4,6-9,16-17H,5,10-15H2,1-2H3. The molecule has 0 bridgehead atoms. The predicted molar refractivity (Wildman–Crippen MR) is 125 cm³/mol. The Kier molecular flexibility index (Phi) is 6.97. The van der Waals surface area contributed by atoms with Crippen LogP contribution in [-0.4, -0.2) is 58.2 Å². The Labute approximate surface area is 193 Å². The van der Waals surface area contributed by atoms with Gasteiger partial charge in [-0.2, -0.15) is 4.31 Å². The number of amides is 1. The number of nitrogens with zero attached hydrogens (tertiary/aromatic N) is 2. The number of carbonyl (C=O) groups is 1. The lowest BCUT2D eigenvalue weighted by Crippen LogP contribution is -2.44. The van der Waals surface area contributed by atoms with Crippen molar-refractivity contribution < 1.29 is 22.7 Å². The third-order valence-corrected chi connectivity index (χ3v) is 9.05. The fraction of sp³-hybridized carbons (Fsp3) is 0.435. The highest BCUT2D eigenvalue weighted by Crippen LogP contribution is 2.36. The van der Waals surface area contributed by atoms with Gasteiger partial charge in [-0.25, -0.2) is 8.42 Å². The second-order valence-corrected chi connectivity index (χ2v) is 10.9. The smallest absolute Gasteiger partial charge is 0.243 e. The molecule has 0 spiro atoms. The first-order valence-electron chi connectivity index (χ1n) is 10.7. The van der Waals surface area contributed by atoms with Gasteiger partial charge in [0.1, 0.15) is 0 Å². The van der Waals surface area contributed by atoms with E-state index in [1.165, 1.54) is 30.7 Å². The molecule has 1 saturated heterocycles. The van der Waals surface area contributed by atoms with Gasteiger partial charge in [-0.15, -0.1) is 11.8 Å². The van der Waals surface area contributed by atoms with Gasteiger partial charge in [0, 0.05) is 36.5 Å². The Bertz CT molecular complexity index is 1080. The van der Waals surface area contributed by atoms with Crippen molar-refractivity contribution in [1.29, 1.82) is 0 Å². The van der Waals surface area contributed by atoms with E-state index < -0.39 is 10.0 Å². The van der Waals surface area contributed by atoms with Gasteiger partial charge >= 0.3 is 0 Å². The second-order valence-electron chi connectivity index (χ2n) is 7.85. The molecule has 0 unspecified atom stereocenters. The number of rotatable bonds is 5. The fourth-order valence-electron chi connectivity index (χ4n) is 4.25. The van der Waals surface area contributed by atoms with Crippen LogP contribution >= 0.6 is 11.8 Å². The summed E-state index contributed by atoms with van der Waals surface area (Å²) in [5, 5.41) is 0. The van der Waals surface area contributed by atoms with E-state index in [2.05, 4.69) is 6.07 Å². The van der Waals surface area contributed by atoms with Crippen molar-refractivity contribution >= 4 is 33.4 Å². The van der Waals surface area contributed by atoms with Crippen molar-refractivity contribution in [3.63, 3.8) is 0 Å². The van der Waals surface area contributed by atoms with Crippen LogP contribution in [0, 0.1) is 5.92 Å². The molecular weight excluding hydrogens is 448 g/mol. The average Bonchev–Trinajstić information content (AvgIpc) is 3.05. The summed E-state index contributed by atoms with van der Waals surface area (Å²) < 4.78 is 38.3. The Morgan fingerprint density at radius 1 is 1.00 bits per heavy atom. The van der Waals surface area contributed by atoms with Crippen LogP contribution in [0.4, 0.5) is 5.69 Å². The van der Waals surface area contributed by atoms with Gasteiger partial charge in [0.2, 0.25) is 15.9 Å². The van der Waals surface area contributed by atoms with Crippen molar-refractivity contribution in [3.8, 4) is 11.5 Å². The molecule has 172 valence electrons. The maximum absolute atomic E-state index is 13.4. The number of para-hydroxylation sites is 1. The van der Waals surface area contributed by atoms with Crippen LogP contribution in [0.5, 0.6) is 11.5 Å². The van der Waals surface area contributed by atoms with Gasteiger partial charge in [-0.1, -0.05) is 12.1 Å². The van der Waals surface area contributed by atoms with Crippen molar-refractivity contribution in [2.24, 2.45) is 5.92 Å². The third-order valence-electron chi connectivity index (χ3n) is 6.00. The molecule has 2 heterocycles. The van der Waals surface area contributed by atoms with E-state index in [0.29, 0.717) is 44.0 Å². The maximum atomic E-state index is 13.4. The highest BCUT2D eigenvalue weighted by atomic mass is 32.2. The molecular formula is C23H28N2O5S2. The minimum absolute atomic E-state index is 0.100. The molecule has 2 aromatic rings. The Hall–Kier alpha value is -2.23. The summed E-state index contributed by atoms with van der Waals surface area (Å²) in [6.45, 7) is 1.33. The van der Waals surface area contributed by atoms with Gasteiger partial charge in [-0.3, -0.25) is 4.79 Å². The molecule has 0 radical (unpaired) electrons. The number of sulfonamides is 1. The highest BCUT2D eigenvalue weighted by molar-refractivity contribution is 7.99. The molecule has 2 aliphatic rings. The molecule has 0 aromatic heterocycles. The number of piperidine rings is 1. The number of anilines is 1. The van der Waals surface area contributed by atoms with Crippen LogP contribution in [-0.2, 0) is 14.8 Å². The molecule has 0 aliphatic carbocycles. The summed E-state index contributed by atoms with van der Waals surface area (Å²) in [4.78, 5) is 16.6. The van der Waals surface area contributed by atoms with Crippen LogP contribution in [0.1, 0.15) is 19.3 Å². The zero-order valence-electron chi connectivity index (χ0n) is 18.3.